The molecule has 1 aromatic heterocycles. The molecule has 0 saturated heterocycles. The summed E-state index contributed by atoms with van der Waals surface area (Å²) in [7, 11) is 0. The van der Waals surface area contributed by atoms with Crippen LogP contribution in [-0.2, 0) is 0 Å². The Morgan fingerprint density at radius 3 is 2.55 bits per heavy atom. The van der Waals surface area contributed by atoms with Crippen molar-refractivity contribution < 1.29 is 13.9 Å². The number of amides is 1. The minimum atomic E-state index is -0.942. The Morgan fingerprint density at radius 1 is 1.18 bits per heavy atom. The van der Waals surface area contributed by atoms with Crippen molar-refractivity contribution in [1.29, 1.82) is 0 Å². The maximum atomic E-state index is 13.0. The minimum absolute atomic E-state index is 0.0232. The Labute approximate surface area is 124 Å². The molecular weight excluding hydrogens is 287 g/mol. The summed E-state index contributed by atoms with van der Waals surface area (Å²) in [5, 5.41) is 0. The maximum Gasteiger partial charge on any atom is 0.412 e. The average Bonchev–Trinajstić information content (AvgIpc) is 2.87. The van der Waals surface area contributed by atoms with Gasteiger partial charge in [-0.15, -0.1) is 0 Å². The molecule has 7 heteroatoms. The molecule has 0 bridgehead atoms. The van der Waals surface area contributed by atoms with Gasteiger partial charge >= 0.3 is 12.1 Å². The molecule has 0 saturated carbocycles. The number of carbonyl (C=O) groups is 1. The first-order chi connectivity index (χ1) is 10.5. The minimum Gasteiger partial charge on any atom is -0.376 e. The number of hydrogen-bond acceptors (Lipinski definition) is 4. The van der Waals surface area contributed by atoms with E-state index in [1.54, 1.807) is 24.3 Å². The number of nitrogens with one attached hydrogen (secondary N) is 1. The molecular formula is C15H13FN4O2. The largest absolute Gasteiger partial charge is 0.412 e. The smallest absolute Gasteiger partial charge is 0.376 e. The van der Waals surface area contributed by atoms with E-state index in [-0.39, 0.29) is 11.8 Å². The lowest BCUT2D eigenvalue weighted by Gasteiger charge is -2.12. The number of carbonyl (C=O) groups excluding carboxylic acids is 1. The lowest BCUT2D eigenvalue weighted by molar-refractivity contribution is 0.207. The highest BCUT2D eigenvalue weighted by molar-refractivity contribution is 5.78. The van der Waals surface area contributed by atoms with E-state index in [9.17, 15) is 9.18 Å². The third-order valence-electron chi connectivity index (χ3n) is 3.27. The Bertz CT molecular complexity index is 829. The number of H-pyrrole nitrogens is 1. The molecule has 112 valence electrons. The van der Waals surface area contributed by atoms with Crippen LogP contribution < -0.4 is 16.2 Å². The zero-order valence-electron chi connectivity index (χ0n) is 11.4. The number of halogens is 1. The summed E-state index contributed by atoms with van der Waals surface area (Å²) in [6.45, 7) is 0. The van der Waals surface area contributed by atoms with E-state index >= 15 is 0 Å². The normalized spacial score (nSPS) is 12.3. The molecule has 0 fully saturated rings. The lowest BCUT2D eigenvalue weighted by Crippen LogP contribution is -2.16. The van der Waals surface area contributed by atoms with Gasteiger partial charge in [-0.2, -0.15) is 4.98 Å². The molecule has 2 aromatic carbocycles. The van der Waals surface area contributed by atoms with Gasteiger partial charge in [0.05, 0.1) is 17.1 Å². The van der Waals surface area contributed by atoms with E-state index in [4.69, 9.17) is 16.2 Å². The van der Waals surface area contributed by atoms with Crippen LogP contribution in [0.15, 0.2) is 42.5 Å². The SMILES string of the molecule is NC(=O)Oc1nc2cc(C(N)c3ccc(F)cc3)ccc2[nH]1. The van der Waals surface area contributed by atoms with Gasteiger partial charge in [0.25, 0.3) is 0 Å². The summed E-state index contributed by atoms with van der Waals surface area (Å²) in [5.41, 5.74) is 14.0. The van der Waals surface area contributed by atoms with Crippen LogP contribution in [0.25, 0.3) is 11.0 Å². The third kappa shape index (κ3) is 2.75. The molecule has 0 aliphatic carbocycles. The molecule has 1 atom stereocenters. The van der Waals surface area contributed by atoms with Crippen molar-refractivity contribution in [3.8, 4) is 6.01 Å². The first kappa shape index (κ1) is 14.0. The van der Waals surface area contributed by atoms with Gasteiger partial charge in [-0.05, 0) is 35.4 Å². The first-order valence-electron chi connectivity index (χ1n) is 6.51. The van der Waals surface area contributed by atoms with Crippen molar-refractivity contribution in [3.63, 3.8) is 0 Å². The molecule has 5 N–H and O–H groups in total. The Hall–Kier alpha value is -2.93. The molecule has 0 aliphatic rings. The molecule has 1 heterocycles. The van der Waals surface area contributed by atoms with Gasteiger partial charge in [0, 0.05) is 0 Å². The van der Waals surface area contributed by atoms with Crippen molar-refractivity contribution >= 4 is 17.1 Å². The molecule has 6 nitrogen and oxygen atoms in total. The zero-order chi connectivity index (χ0) is 15.7. The summed E-state index contributed by atoms with van der Waals surface area (Å²) in [5.74, 6) is -0.313. The number of hydrogen-bond donors (Lipinski definition) is 3. The highest BCUT2D eigenvalue weighted by Crippen LogP contribution is 2.24. The van der Waals surface area contributed by atoms with Gasteiger partial charge < -0.3 is 21.2 Å². The number of fused-ring (bicyclic) bond motifs is 1. The lowest BCUT2D eigenvalue weighted by atomic mass is 9.99. The van der Waals surface area contributed by atoms with Crippen LogP contribution in [0.1, 0.15) is 17.2 Å². The fourth-order valence-electron chi connectivity index (χ4n) is 2.20. The molecule has 3 rings (SSSR count). The molecule has 1 amide bonds. The van der Waals surface area contributed by atoms with Crippen LogP contribution in [0.4, 0.5) is 9.18 Å². The second-order valence-electron chi connectivity index (χ2n) is 4.77. The highest BCUT2D eigenvalue weighted by Gasteiger charge is 2.12. The molecule has 0 aliphatic heterocycles. The van der Waals surface area contributed by atoms with E-state index < -0.39 is 12.1 Å². The maximum absolute atomic E-state index is 13.0. The summed E-state index contributed by atoms with van der Waals surface area (Å²) in [6.07, 6.45) is -0.942. The average molecular weight is 300 g/mol. The topological polar surface area (TPSA) is 107 Å². The predicted octanol–water partition coefficient (Wildman–Crippen LogP) is 2.21. The number of nitrogens with two attached hydrogens (primary N) is 2. The fourth-order valence-corrected chi connectivity index (χ4v) is 2.20. The number of benzene rings is 2. The standard InChI is InChI=1S/C15H13FN4O2/c16-10-4-1-8(2-5-10)13(17)9-3-6-11-12(7-9)20-15(19-11)22-14(18)21/h1-7,13H,17H2,(H2,18,21)(H,19,20). The quantitative estimate of drug-likeness (QED) is 0.689. The van der Waals surface area contributed by atoms with Crippen molar-refractivity contribution in [2.24, 2.45) is 11.5 Å². The highest BCUT2D eigenvalue weighted by atomic mass is 19.1. The number of ether oxygens (including phenoxy) is 1. The number of primary amides is 1. The van der Waals surface area contributed by atoms with Gasteiger partial charge in [-0.3, -0.25) is 0 Å². The van der Waals surface area contributed by atoms with E-state index in [2.05, 4.69) is 9.97 Å². The van der Waals surface area contributed by atoms with Crippen molar-refractivity contribution in [1.82, 2.24) is 9.97 Å². The summed E-state index contributed by atoms with van der Waals surface area (Å²) in [6, 6.07) is 11.0. The molecule has 0 spiro atoms. The van der Waals surface area contributed by atoms with Crippen molar-refractivity contribution in [3.05, 3.63) is 59.4 Å². The van der Waals surface area contributed by atoms with E-state index in [0.717, 1.165) is 11.1 Å². The van der Waals surface area contributed by atoms with Gasteiger partial charge in [0.2, 0.25) is 0 Å². The first-order valence-corrected chi connectivity index (χ1v) is 6.51. The van der Waals surface area contributed by atoms with E-state index in [1.165, 1.54) is 12.1 Å². The zero-order valence-corrected chi connectivity index (χ0v) is 11.4. The van der Waals surface area contributed by atoms with E-state index in [0.29, 0.717) is 11.0 Å². The molecule has 3 aromatic rings. The summed E-state index contributed by atoms with van der Waals surface area (Å²) >= 11 is 0. The summed E-state index contributed by atoms with van der Waals surface area (Å²) in [4.78, 5) is 17.6. The number of imidazole rings is 1. The predicted molar refractivity (Wildman–Crippen MR) is 78.7 cm³/mol. The van der Waals surface area contributed by atoms with Gasteiger partial charge in [-0.1, -0.05) is 18.2 Å². The fraction of sp³-hybridized carbons (Fsp3) is 0.0667. The number of nitrogens with zero attached hydrogens (tertiary/aromatic N) is 1. The molecule has 0 radical (unpaired) electrons. The number of rotatable bonds is 3. The second-order valence-corrected chi connectivity index (χ2v) is 4.77. The summed E-state index contributed by atoms with van der Waals surface area (Å²) < 4.78 is 17.7. The van der Waals surface area contributed by atoms with Gasteiger partial charge in [0.1, 0.15) is 5.82 Å². The van der Waals surface area contributed by atoms with Crippen molar-refractivity contribution in [2.75, 3.05) is 0 Å². The number of aromatic nitrogens is 2. The Balaban J connectivity index is 1.93. The van der Waals surface area contributed by atoms with E-state index in [1.807, 2.05) is 6.07 Å². The third-order valence-corrected chi connectivity index (χ3v) is 3.27. The van der Waals surface area contributed by atoms with Crippen LogP contribution in [0.2, 0.25) is 0 Å². The Kier molecular flexibility index (Phi) is 3.48. The molecule has 22 heavy (non-hydrogen) atoms. The van der Waals surface area contributed by atoms with Crippen molar-refractivity contribution in [2.45, 2.75) is 6.04 Å². The van der Waals surface area contributed by atoms with Crippen LogP contribution in [0, 0.1) is 5.82 Å². The Morgan fingerprint density at radius 2 is 1.86 bits per heavy atom. The van der Waals surface area contributed by atoms with Crippen LogP contribution in [-0.4, -0.2) is 16.1 Å². The van der Waals surface area contributed by atoms with Gasteiger partial charge in [0.15, 0.2) is 0 Å². The van der Waals surface area contributed by atoms with Gasteiger partial charge in [-0.25, -0.2) is 9.18 Å². The van der Waals surface area contributed by atoms with Crippen LogP contribution in [0.3, 0.4) is 0 Å². The number of aromatic amines is 1. The molecule has 1 unspecified atom stereocenters. The van der Waals surface area contributed by atoms with Crippen LogP contribution >= 0.6 is 0 Å². The monoisotopic (exact) mass is 300 g/mol. The second kappa shape index (κ2) is 5.45. The van der Waals surface area contributed by atoms with Crippen LogP contribution in [0.5, 0.6) is 6.01 Å².